The molecule has 0 aliphatic carbocycles. The summed E-state index contributed by atoms with van der Waals surface area (Å²) in [5.74, 6) is 0.642. The van der Waals surface area contributed by atoms with Crippen molar-refractivity contribution in [1.29, 1.82) is 0 Å². The number of amides is 1. The molecule has 4 nitrogen and oxygen atoms in total. The van der Waals surface area contributed by atoms with E-state index in [1.54, 1.807) is 12.3 Å². The zero-order valence-corrected chi connectivity index (χ0v) is 14.4. The molecular weight excluding hydrogens is 310 g/mol. The van der Waals surface area contributed by atoms with E-state index in [-0.39, 0.29) is 5.91 Å². The van der Waals surface area contributed by atoms with Gasteiger partial charge < -0.3 is 10.6 Å². The smallest absolute Gasteiger partial charge is 0.255 e. The first-order valence-corrected chi connectivity index (χ1v) is 8.24. The lowest BCUT2D eigenvalue weighted by molar-refractivity contribution is 0.102. The van der Waals surface area contributed by atoms with Crippen LogP contribution in [-0.4, -0.2) is 10.9 Å². The summed E-state index contributed by atoms with van der Waals surface area (Å²) in [6.07, 6.45) is 1.66. The van der Waals surface area contributed by atoms with Gasteiger partial charge in [0.25, 0.3) is 5.91 Å². The summed E-state index contributed by atoms with van der Waals surface area (Å²) in [6, 6.07) is 19.5. The van der Waals surface area contributed by atoms with Gasteiger partial charge in [-0.05, 0) is 49.2 Å². The summed E-state index contributed by atoms with van der Waals surface area (Å²) in [4.78, 5) is 16.6. The van der Waals surface area contributed by atoms with Gasteiger partial charge in [0.15, 0.2) is 0 Å². The molecule has 0 saturated heterocycles. The highest BCUT2D eigenvalue weighted by atomic mass is 16.1. The maximum absolute atomic E-state index is 12.2. The van der Waals surface area contributed by atoms with Gasteiger partial charge in [-0.1, -0.05) is 42.0 Å². The Balaban J connectivity index is 1.60. The van der Waals surface area contributed by atoms with Crippen LogP contribution in [0.5, 0.6) is 0 Å². The largest absolute Gasteiger partial charge is 0.366 e. The molecule has 2 aromatic carbocycles. The third kappa shape index (κ3) is 4.44. The van der Waals surface area contributed by atoms with Gasteiger partial charge in [0.2, 0.25) is 0 Å². The van der Waals surface area contributed by atoms with Gasteiger partial charge in [0.1, 0.15) is 5.82 Å². The van der Waals surface area contributed by atoms with Crippen molar-refractivity contribution in [3.63, 3.8) is 0 Å². The number of aromatic nitrogens is 1. The number of hydrogen-bond acceptors (Lipinski definition) is 3. The zero-order valence-electron chi connectivity index (χ0n) is 14.4. The Morgan fingerprint density at radius 1 is 1.00 bits per heavy atom. The number of carbonyl (C=O) groups excluding carboxylic acids is 1. The fraction of sp³-hybridized carbons (Fsp3) is 0.143. The quantitative estimate of drug-likeness (QED) is 0.720. The third-order valence-electron chi connectivity index (χ3n) is 4.02. The van der Waals surface area contributed by atoms with E-state index in [0.29, 0.717) is 17.8 Å². The molecule has 1 amide bonds. The van der Waals surface area contributed by atoms with E-state index in [1.807, 2.05) is 49.4 Å². The standard InChI is InChI=1S/C21H21N3O/c1-15-6-5-9-17(12-15)21(25)24-19-10-11-20(23-14-19)22-13-18-8-4-3-7-16(18)2/h3-12,14H,13H2,1-2H3,(H,22,23)(H,24,25). The number of benzene rings is 2. The first kappa shape index (κ1) is 16.7. The van der Waals surface area contributed by atoms with Crippen molar-refractivity contribution in [3.05, 3.63) is 89.1 Å². The Bertz CT molecular complexity index is 872. The van der Waals surface area contributed by atoms with Crippen LogP contribution in [0.1, 0.15) is 27.0 Å². The molecule has 2 N–H and O–H groups in total. The molecule has 1 heterocycles. The van der Waals surface area contributed by atoms with E-state index in [1.165, 1.54) is 11.1 Å². The number of aryl methyl sites for hydroxylation is 2. The van der Waals surface area contributed by atoms with E-state index in [2.05, 4.69) is 34.7 Å². The van der Waals surface area contributed by atoms with Crippen LogP contribution in [0, 0.1) is 13.8 Å². The average Bonchev–Trinajstić information content (AvgIpc) is 2.62. The van der Waals surface area contributed by atoms with Crippen molar-refractivity contribution in [2.45, 2.75) is 20.4 Å². The summed E-state index contributed by atoms with van der Waals surface area (Å²) in [7, 11) is 0. The van der Waals surface area contributed by atoms with Crippen LogP contribution >= 0.6 is 0 Å². The van der Waals surface area contributed by atoms with Gasteiger partial charge in [-0.2, -0.15) is 0 Å². The van der Waals surface area contributed by atoms with Gasteiger partial charge in [-0.25, -0.2) is 4.98 Å². The molecule has 0 aliphatic rings. The summed E-state index contributed by atoms with van der Waals surface area (Å²) in [6.45, 7) is 4.77. The molecule has 0 aliphatic heterocycles. The van der Waals surface area contributed by atoms with E-state index >= 15 is 0 Å². The van der Waals surface area contributed by atoms with Crippen molar-refractivity contribution >= 4 is 17.4 Å². The van der Waals surface area contributed by atoms with Crippen LogP contribution in [0.25, 0.3) is 0 Å². The second-order valence-electron chi connectivity index (χ2n) is 6.04. The molecule has 1 aromatic heterocycles. The van der Waals surface area contributed by atoms with Crippen LogP contribution in [0.4, 0.5) is 11.5 Å². The second kappa shape index (κ2) is 7.62. The minimum atomic E-state index is -0.133. The maximum Gasteiger partial charge on any atom is 0.255 e. The van der Waals surface area contributed by atoms with E-state index in [0.717, 1.165) is 11.4 Å². The van der Waals surface area contributed by atoms with Gasteiger partial charge in [-0.15, -0.1) is 0 Å². The molecule has 0 fully saturated rings. The van der Waals surface area contributed by atoms with Crippen molar-refractivity contribution in [2.75, 3.05) is 10.6 Å². The van der Waals surface area contributed by atoms with Gasteiger partial charge >= 0.3 is 0 Å². The number of hydrogen-bond donors (Lipinski definition) is 2. The fourth-order valence-electron chi connectivity index (χ4n) is 2.56. The Morgan fingerprint density at radius 3 is 2.56 bits per heavy atom. The number of rotatable bonds is 5. The molecule has 0 spiro atoms. The number of nitrogens with zero attached hydrogens (tertiary/aromatic N) is 1. The van der Waals surface area contributed by atoms with Crippen LogP contribution in [0.2, 0.25) is 0 Å². The van der Waals surface area contributed by atoms with Gasteiger partial charge in [0, 0.05) is 12.1 Å². The van der Waals surface area contributed by atoms with Crippen LogP contribution < -0.4 is 10.6 Å². The second-order valence-corrected chi connectivity index (χ2v) is 6.04. The molecule has 126 valence electrons. The Morgan fingerprint density at radius 2 is 1.84 bits per heavy atom. The maximum atomic E-state index is 12.2. The van der Waals surface area contributed by atoms with E-state index in [9.17, 15) is 4.79 Å². The highest BCUT2D eigenvalue weighted by molar-refractivity contribution is 6.04. The first-order chi connectivity index (χ1) is 12.1. The van der Waals surface area contributed by atoms with Gasteiger partial charge in [0.05, 0.1) is 11.9 Å². The van der Waals surface area contributed by atoms with Crippen molar-refractivity contribution < 1.29 is 4.79 Å². The molecule has 3 rings (SSSR count). The minimum Gasteiger partial charge on any atom is -0.366 e. The lowest BCUT2D eigenvalue weighted by atomic mass is 10.1. The molecule has 3 aromatic rings. The topological polar surface area (TPSA) is 54.0 Å². The first-order valence-electron chi connectivity index (χ1n) is 8.24. The van der Waals surface area contributed by atoms with Crippen LogP contribution in [0.3, 0.4) is 0 Å². The van der Waals surface area contributed by atoms with Crippen molar-refractivity contribution in [1.82, 2.24) is 4.98 Å². The zero-order chi connectivity index (χ0) is 17.6. The predicted octanol–water partition coefficient (Wildman–Crippen LogP) is 4.56. The molecule has 0 radical (unpaired) electrons. The highest BCUT2D eigenvalue weighted by Crippen LogP contribution is 2.14. The molecule has 4 heteroatoms. The summed E-state index contributed by atoms with van der Waals surface area (Å²) in [5, 5.41) is 6.16. The van der Waals surface area contributed by atoms with Gasteiger partial charge in [-0.3, -0.25) is 4.79 Å². The number of anilines is 2. The Labute approximate surface area is 147 Å². The molecule has 0 bridgehead atoms. The number of carbonyl (C=O) groups is 1. The Kier molecular flexibility index (Phi) is 5.09. The molecule has 0 unspecified atom stereocenters. The summed E-state index contributed by atoms with van der Waals surface area (Å²) < 4.78 is 0. The third-order valence-corrected chi connectivity index (χ3v) is 4.02. The summed E-state index contributed by atoms with van der Waals surface area (Å²) in [5.41, 5.74) is 4.86. The molecule has 0 saturated carbocycles. The molecular formula is C21H21N3O. The van der Waals surface area contributed by atoms with E-state index in [4.69, 9.17) is 0 Å². The summed E-state index contributed by atoms with van der Waals surface area (Å²) >= 11 is 0. The van der Waals surface area contributed by atoms with Crippen LogP contribution in [-0.2, 0) is 6.54 Å². The molecule has 25 heavy (non-hydrogen) atoms. The predicted molar refractivity (Wildman–Crippen MR) is 102 cm³/mol. The SMILES string of the molecule is Cc1cccc(C(=O)Nc2ccc(NCc3ccccc3C)nc2)c1. The number of nitrogens with one attached hydrogen (secondary N) is 2. The number of pyridine rings is 1. The monoisotopic (exact) mass is 331 g/mol. The highest BCUT2D eigenvalue weighted by Gasteiger charge is 2.06. The Hall–Kier alpha value is -3.14. The van der Waals surface area contributed by atoms with Crippen molar-refractivity contribution in [2.24, 2.45) is 0 Å². The normalized spacial score (nSPS) is 10.3. The fourth-order valence-corrected chi connectivity index (χ4v) is 2.56. The van der Waals surface area contributed by atoms with E-state index < -0.39 is 0 Å². The lowest BCUT2D eigenvalue weighted by Crippen LogP contribution is -2.12. The lowest BCUT2D eigenvalue weighted by Gasteiger charge is -2.09. The van der Waals surface area contributed by atoms with Crippen LogP contribution in [0.15, 0.2) is 66.9 Å². The van der Waals surface area contributed by atoms with Crippen molar-refractivity contribution in [3.8, 4) is 0 Å². The molecule has 0 atom stereocenters. The average molecular weight is 331 g/mol. The minimum absolute atomic E-state index is 0.133.